The number of hydrogen-bond acceptors (Lipinski definition) is 5. The molecule has 0 saturated carbocycles. The van der Waals surface area contributed by atoms with E-state index in [4.69, 9.17) is 4.74 Å². The van der Waals surface area contributed by atoms with Gasteiger partial charge in [-0.3, -0.25) is 14.6 Å². The van der Waals surface area contributed by atoms with Gasteiger partial charge in [-0.25, -0.2) is 14.0 Å². The molecule has 2 aliphatic rings. The summed E-state index contributed by atoms with van der Waals surface area (Å²) < 4.78 is 19.0. The maximum absolute atomic E-state index is 13.6. The predicted molar refractivity (Wildman–Crippen MR) is 132 cm³/mol. The lowest BCUT2D eigenvalue weighted by molar-refractivity contribution is -0.139. The van der Waals surface area contributed by atoms with Crippen molar-refractivity contribution in [2.45, 2.75) is 25.9 Å². The van der Waals surface area contributed by atoms with Crippen molar-refractivity contribution in [1.29, 1.82) is 0 Å². The number of halogens is 1. The second kappa shape index (κ2) is 10.9. The molecule has 2 aromatic rings. The van der Waals surface area contributed by atoms with Gasteiger partial charge in [0.1, 0.15) is 5.82 Å². The zero-order valence-corrected chi connectivity index (χ0v) is 20.7. The number of benzene rings is 2. The Morgan fingerprint density at radius 2 is 1.86 bits per heavy atom. The highest BCUT2D eigenvalue weighted by Gasteiger charge is 2.38. The summed E-state index contributed by atoms with van der Waals surface area (Å²) in [7, 11) is 1.64. The van der Waals surface area contributed by atoms with Crippen LogP contribution in [0.15, 0.2) is 65.9 Å². The van der Waals surface area contributed by atoms with Gasteiger partial charge in [0.15, 0.2) is 0 Å². The van der Waals surface area contributed by atoms with Crippen molar-refractivity contribution in [3.05, 3.63) is 82.8 Å². The smallest absolute Gasteiger partial charge is 0.338 e. The van der Waals surface area contributed by atoms with Crippen LogP contribution >= 0.6 is 0 Å². The van der Waals surface area contributed by atoms with Crippen molar-refractivity contribution in [3.8, 4) is 0 Å². The number of piperazine rings is 1. The van der Waals surface area contributed by atoms with Crippen LogP contribution in [0.2, 0.25) is 0 Å². The third-order valence-corrected chi connectivity index (χ3v) is 6.62. The van der Waals surface area contributed by atoms with E-state index in [2.05, 4.69) is 10.2 Å². The molecule has 190 valence electrons. The van der Waals surface area contributed by atoms with Crippen LogP contribution in [0, 0.1) is 5.82 Å². The van der Waals surface area contributed by atoms with Gasteiger partial charge >= 0.3 is 12.0 Å². The lowest BCUT2D eigenvalue weighted by atomic mass is 9.94. The molecule has 0 spiro atoms. The summed E-state index contributed by atoms with van der Waals surface area (Å²) in [6, 6.07) is 14.0. The highest BCUT2D eigenvalue weighted by Crippen LogP contribution is 2.31. The van der Waals surface area contributed by atoms with E-state index in [9.17, 15) is 18.8 Å². The molecule has 1 N–H and O–H groups in total. The van der Waals surface area contributed by atoms with E-state index in [1.165, 1.54) is 23.1 Å². The van der Waals surface area contributed by atoms with Crippen molar-refractivity contribution < 1.29 is 23.5 Å². The van der Waals surface area contributed by atoms with Crippen LogP contribution in [-0.4, -0.2) is 78.5 Å². The van der Waals surface area contributed by atoms with Crippen LogP contribution in [0.25, 0.3) is 0 Å². The quantitative estimate of drug-likeness (QED) is 0.624. The third kappa shape index (κ3) is 5.26. The van der Waals surface area contributed by atoms with Gasteiger partial charge in [-0.2, -0.15) is 0 Å². The summed E-state index contributed by atoms with van der Waals surface area (Å²) in [4.78, 5) is 44.3. The standard InChI is InChI=1S/C27H31FN4O4/c1-4-36-26(34)23-22(30(3)27(35)29-24(23)19-9-6-5-7-10-19)17-31-13-14-32(18(2)16-31)25(33)20-11-8-12-21(28)15-20/h5-12,15,18,24H,4,13-14,16-17H2,1-3H3,(H,29,35)/t18-,24-/m1/s1. The van der Waals surface area contributed by atoms with Crippen LogP contribution in [0.3, 0.4) is 0 Å². The Balaban J connectivity index is 1.58. The van der Waals surface area contributed by atoms with Gasteiger partial charge in [-0.15, -0.1) is 0 Å². The molecule has 2 atom stereocenters. The molecule has 8 nitrogen and oxygen atoms in total. The minimum absolute atomic E-state index is 0.145. The number of hydrogen-bond donors (Lipinski definition) is 1. The SMILES string of the molecule is CCOC(=O)C1=C(CN2CCN(C(=O)c3cccc(F)c3)[C@H](C)C2)N(C)C(=O)N[C@@H]1c1ccccc1. The van der Waals surface area contributed by atoms with E-state index in [-0.39, 0.29) is 24.6 Å². The van der Waals surface area contributed by atoms with E-state index in [1.54, 1.807) is 24.9 Å². The Morgan fingerprint density at radius 1 is 1.11 bits per heavy atom. The Bertz CT molecular complexity index is 1170. The zero-order chi connectivity index (χ0) is 25.8. The molecule has 0 bridgehead atoms. The maximum atomic E-state index is 13.6. The zero-order valence-electron chi connectivity index (χ0n) is 20.7. The second-order valence-electron chi connectivity index (χ2n) is 9.03. The first kappa shape index (κ1) is 25.4. The predicted octanol–water partition coefficient (Wildman–Crippen LogP) is 3.19. The minimum Gasteiger partial charge on any atom is -0.463 e. The van der Waals surface area contributed by atoms with Crippen molar-refractivity contribution in [2.75, 3.05) is 39.8 Å². The van der Waals surface area contributed by atoms with Crippen LogP contribution in [0.5, 0.6) is 0 Å². The van der Waals surface area contributed by atoms with Crippen molar-refractivity contribution in [2.24, 2.45) is 0 Å². The molecule has 4 rings (SSSR count). The molecule has 2 aromatic carbocycles. The normalized spacial score (nSPS) is 20.8. The lowest BCUT2D eigenvalue weighted by Crippen LogP contribution is -2.56. The summed E-state index contributed by atoms with van der Waals surface area (Å²) >= 11 is 0. The highest BCUT2D eigenvalue weighted by atomic mass is 19.1. The summed E-state index contributed by atoms with van der Waals surface area (Å²) in [5.74, 6) is -1.13. The van der Waals surface area contributed by atoms with Crippen LogP contribution in [0.1, 0.15) is 35.8 Å². The number of rotatable bonds is 6. The van der Waals surface area contributed by atoms with Crippen LogP contribution < -0.4 is 5.32 Å². The molecule has 0 radical (unpaired) electrons. The van der Waals surface area contributed by atoms with Crippen molar-refractivity contribution in [3.63, 3.8) is 0 Å². The van der Waals surface area contributed by atoms with E-state index in [0.29, 0.717) is 43.0 Å². The molecule has 36 heavy (non-hydrogen) atoms. The van der Waals surface area contributed by atoms with Gasteiger partial charge < -0.3 is 15.0 Å². The van der Waals surface area contributed by atoms with Gasteiger partial charge in [0, 0.05) is 50.5 Å². The first-order valence-electron chi connectivity index (χ1n) is 12.1. The van der Waals surface area contributed by atoms with E-state index < -0.39 is 17.8 Å². The number of esters is 1. The summed E-state index contributed by atoms with van der Waals surface area (Å²) in [6.45, 7) is 5.75. The maximum Gasteiger partial charge on any atom is 0.338 e. The topological polar surface area (TPSA) is 82.2 Å². The minimum atomic E-state index is -0.628. The molecule has 9 heteroatoms. The van der Waals surface area contributed by atoms with Gasteiger partial charge in [-0.1, -0.05) is 36.4 Å². The number of nitrogens with one attached hydrogen (secondary N) is 1. The van der Waals surface area contributed by atoms with Crippen molar-refractivity contribution >= 4 is 17.9 Å². The molecule has 2 aliphatic heterocycles. The first-order valence-corrected chi connectivity index (χ1v) is 12.1. The molecule has 2 heterocycles. The molecule has 0 aromatic heterocycles. The first-order chi connectivity index (χ1) is 17.3. The van der Waals surface area contributed by atoms with Gasteiger partial charge in [0.05, 0.1) is 18.2 Å². The fourth-order valence-corrected chi connectivity index (χ4v) is 4.77. The average molecular weight is 495 g/mol. The molecular formula is C27H31FN4O4. The second-order valence-corrected chi connectivity index (χ2v) is 9.03. The summed E-state index contributed by atoms with van der Waals surface area (Å²) in [6.07, 6.45) is 0. The number of carbonyl (C=O) groups excluding carboxylic acids is 3. The third-order valence-electron chi connectivity index (χ3n) is 6.62. The summed E-state index contributed by atoms with van der Waals surface area (Å²) in [5, 5.41) is 2.92. The van der Waals surface area contributed by atoms with Gasteiger partial charge in [0.25, 0.3) is 5.91 Å². The number of likely N-dealkylation sites (N-methyl/N-ethyl adjacent to an activating group) is 1. The monoisotopic (exact) mass is 494 g/mol. The number of carbonyl (C=O) groups is 3. The Kier molecular flexibility index (Phi) is 7.69. The van der Waals surface area contributed by atoms with Crippen LogP contribution in [-0.2, 0) is 9.53 Å². The molecular weight excluding hydrogens is 463 g/mol. The largest absolute Gasteiger partial charge is 0.463 e. The molecule has 1 saturated heterocycles. The van der Waals surface area contributed by atoms with E-state index in [0.717, 1.165) is 5.56 Å². The number of ether oxygens (including phenoxy) is 1. The highest BCUT2D eigenvalue weighted by molar-refractivity contribution is 5.95. The Morgan fingerprint density at radius 3 is 2.53 bits per heavy atom. The van der Waals surface area contributed by atoms with E-state index in [1.807, 2.05) is 37.3 Å². The fraction of sp³-hybridized carbons (Fsp3) is 0.370. The Hall–Kier alpha value is -3.72. The number of urea groups is 1. The molecule has 3 amide bonds. The van der Waals surface area contributed by atoms with Gasteiger partial charge in [-0.05, 0) is 37.6 Å². The number of nitrogens with zero attached hydrogens (tertiary/aromatic N) is 3. The fourth-order valence-electron chi connectivity index (χ4n) is 4.77. The summed E-state index contributed by atoms with van der Waals surface area (Å²) in [5.41, 5.74) is 2.08. The lowest BCUT2D eigenvalue weighted by Gasteiger charge is -2.42. The van der Waals surface area contributed by atoms with Gasteiger partial charge in [0.2, 0.25) is 0 Å². The average Bonchev–Trinajstić information content (AvgIpc) is 2.87. The molecule has 1 fully saturated rings. The van der Waals surface area contributed by atoms with Crippen LogP contribution in [0.4, 0.5) is 9.18 Å². The molecule has 0 unspecified atom stereocenters. The number of amides is 3. The van der Waals surface area contributed by atoms with Crippen molar-refractivity contribution in [1.82, 2.24) is 20.0 Å². The Labute approximate surface area is 210 Å². The molecule has 0 aliphatic carbocycles. The van der Waals surface area contributed by atoms with E-state index >= 15 is 0 Å².